The van der Waals surface area contributed by atoms with Gasteiger partial charge in [0.25, 0.3) is 0 Å². The number of aromatic nitrogens is 1. The number of hydrogen-bond donors (Lipinski definition) is 0. The summed E-state index contributed by atoms with van der Waals surface area (Å²) >= 11 is 0. The highest BCUT2D eigenvalue weighted by Gasteiger charge is 2.20. The molecule has 0 aliphatic carbocycles. The SMILES string of the molecule is Cc1nc(-c2ccccc2)cc(-c2cccc(C(C)(C)F)c2)c1-c1ccccc1. The molecular weight excluding hydrogens is 357 g/mol. The van der Waals surface area contributed by atoms with Gasteiger partial charge in [-0.05, 0) is 55.2 Å². The molecule has 0 fully saturated rings. The number of nitrogens with zero attached hydrogens (tertiary/aromatic N) is 1. The maximum atomic E-state index is 14.7. The lowest BCUT2D eigenvalue weighted by Gasteiger charge is -2.19. The zero-order chi connectivity index (χ0) is 20.4. The molecule has 4 rings (SSSR count). The predicted molar refractivity (Wildman–Crippen MR) is 119 cm³/mol. The molecule has 144 valence electrons. The zero-order valence-electron chi connectivity index (χ0n) is 17.0. The van der Waals surface area contributed by atoms with E-state index in [2.05, 4.69) is 30.3 Å². The molecule has 0 bridgehead atoms. The second-order valence-corrected chi connectivity index (χ2v) is 7.80. The maximum Gasteiger partial charge on any atom is 0.130 e. The molecule has 0 spiro atoms. The van der Waals surface area contributed by atoms with E-state index in [-0.39, 0.29) is 0 Å². The van der Waals surface area contributed by atoms with Crippen LogP contribution in [-0.4, -0.2) is 4.98 Å². The molecular formula is C27H24FN. The van der Waals surface area contributed by atoms with Crippen molar-refractivity contribution < 1.29 is 4.39 Å². The van der Waals surface area contributed by atoms with Gasteiger partial charge in [-0.25, -0.2) is 4.39 Å². The summed E-state index contributed by atoms with van der Waals surface area (Å²) in [7, 11) is 0. The van der Waals surface area contributed by atoms with Gasteiger partial charge < -0.3 is 0 Å². The molecule has 0 aliphatic rings. The molecule has 0 amide bonds. The molecule has 0 saturated heterocycles. The van der Waals surface area contributed by atoms with Crippen molar-refractivity contribution in [2.24, 2.45) is 0 Å². The first-order valence-electron chi connectivity index (χ1n) is 9.86. The first-order valence-corrected chi connectivity index (χ1v) is 9.86. The Labute approximate surface area is 171 Å². The molecule has 1 heterocycles. The average molecular weight is 381 g/mol. The van der Waals surface area contributed by atoms with E-state index in [0.717, 1.165) is 39.2 Å². The summed E-state index contributed by atoms with van der Waals surface area (Å²) in [5.74, 6) is 0. The molecule has 0 radical (unpaired) electrons. The third kappa shape index (κ3) is 3.97. The van der Waals surface area contributed by atoms with Crippen molar-refractivity contribution in [3.8, 4) is 33.5 Å². The summed E-state index contributed by atoms with van der Waals surface area (Å²) in [4.78, 5) is 4.90. The fourth-order valence-electron chi connectivity index (χ4n) is 3.68. The second kappa shape index (κ2) is 7.63. The maximum absolute atomic E-state index is 14.7. The molecule has 3 aromatic carbocycles. The monoisotopic (exact) mass is 381 g/mol. The van der Waals surface area contributed by atoms with Gasteiger partial charge in [-0.2, -0.15) is 0 Å². The number of hydrogen-bond acceptors (Lipinski definition) is 1. The number of pyridine rings is 1. The summed E-state index contributed by atoms with van der Waals surface area (Å²) < 4.78 is 14.7. The molecule has 0 unspecified atom stereocenters. The van der Waals surface area contributed by atoms with Crippen LogP contribution >= 0.6 is 0 Å². The van der Waals surface area contributed by atoms with Gasteiger partial charge >= 0.3 is 0 Å². The third-order valence-electron chi connectivity index (χ3n) is 5.19. The first kappa shape index (κ1) is 19.1. The number of halogens is 1. The Hall–Kier alpha value is -3.26. The van der Waals surface area contributed by atoms with Crippen LogP contribution in [0.3, 0.4) is 0 Å². The van der Waals surface area contributed by atoms with Gasteiger partial charge in [-0.1, -0.05) is 78.9 Å². The van der Waals surface area contributed by atoms with Crippen LogP contribution in [0.15, 0.2) is 91.0 Å². The van der Waals surface area contributed by atoms with Crippen LogP contribution in [0.5, 0.6) is 0 Å². The average Bonchev–Trinajstić information content (AvgIpc) is 2.74. The molecule has 0 N–H and O–H groups in total. The Morgan fingerprint density at radius 2 is 1.28 bits per heavy atom. The smallest absolute Gasteiger partial charge is 0.130 e. The fraction of sp³-hybridized carbons (Fsp3) is 0.148. The molecule has 2 heteroatoms. The highest BCUT2D eigenvalue weighted by Crippen LogP contribution is 2.38. The van der Waals surface area contributed by atoms with Crippen LogP contribution < -0.4 is 0 Å². The molecule has 1 nitrogen and oxygen atoms in total. The van der Waals surface area contributed by atoms with Crippen molar-refractivity contribution in [3.05, 3.63) is 102 Å². The molecule has 0 atom stereocenters. The molecule has 4 aromatic rings. The lowest BCUT2D eigenvalue weighted by atomic mass is 9.89. The Morgan fingerprint density at radius 1 is 0.690 bits per heavy atom. The van der Waals surface area contributed by atoms with E-state index in [0.29, 0.717) is 5.56 Å². The van der Waals surface area contributed by atoms with E-state index >= 15 is 0 Å². The van der Waals surface area contributed by atoms with Crippen LogP contribution in [0.4, 0.5) is 4.39 Å². The van der Waals surface area contributed by atoms with Crippen LogP contribution in [0.2, 0.25) is 0 Å². The normalized spacial score (nSPS) is 11.4. The largest absolute Gasteiger partial charge is 0.252 e. The Morgan fingerprint density at radius 3 is 1.90 bits per heavy atom. The quantitative estimate of drug-likeness (QED) is 0.355. The van der Waals surface area contributed by atoms with Crippen molar-refractivity contribution >= 4 is 0 Å². The molecule has 29 heavy (non-hydrogen) atoms. The summed E-state index contributed by atoms with van der Waals surface area (Å²) in [6.07, 6.45) is 0. The van der Waals surface area contributed by atoms with Crippen LogP contribution in [0.25, 0.3) is 33.5 Å². The van der Waals surface area contributed by atoms with Gasteiger partial charge in [0.05, 0.1) is 5.69 Å². The lowest BCUT2D eigenvalue weighted by Crippen LogP contribution is -2.08. The number of benzene rings is 3. The number of alkyl halides is 1. The van der Waals surface area contributed by atoms with E-state index in [1.165, 1.54) is 0 Å². The van der Waals surface area contributed by atoms with Crippen molar-refractivity contribution in [2.45, 2.75) is 26.4 Å². The van der Waals surface area contributed by atoms with E-state index in [4.69, 9.17) is 4.98 Å². The van der Waals surface area contributed by atoms with Gasteiger partial charge in [0.1, 0.15) is 5.67 Å². The van der Waals surface area contributed by atoms with E-state index in [1.807, 2.05) is 67.6 Å². The summed E-state index contributed by atoms with van der Waals surface area (Å²) in [5, 5.41) is 0. The lowest BCUT2D eigenvalue weighted by molar-refractivity contribution is 0.221. The van der Waals surface area contributed by atoms with Gasteiger partial charge in [-0.15, -0.1) is 0 Å². The van der Waals surface area contributed by atoms with Crippen LogP contribution in [-0.2, 0) is 5.67 Å². The highest BCUT2D eigenvalue weighted by atomic mass is 19.1. The van der Waals surface area contributed by atoms with Crippen LogP contribution in [0.1, 0.15) is 25.1 Å². The minimum absolute atomic E-state index is 0.671. The van der Waals surface area contributed by atoms with E-state index < -0.39 is 5.67 Å². The predicted octanol–water partition coefficient (Wildman–Crippen LogP) is 7.60. The summed E-state index contributed by atoms with van der Waals surface area (Å²) in [6, 6.07) is 30.3. The van der Waals surface area contributed by atoms with Gasteiger partial charge in [0.2, 0.25) is 0 Å². The summed E-state index contributed by atoms with van der Waals surface area (Å²) in [5.41, 5.74) is 6.47. The standard InChI is InChI=1S/C27H24FN/c1-19-26(21-13-8-5-9-14-21)24(18-25(29-19)20-11-6-4-7-12-20)22-15-10-16-23(17-22)27(2,3)28/h4-18H,1-3H3. The van der Waals surface area contributed by atoms with Crippen molar-refractivity contribution in [1.29, 1.82) is 0 Å². The second-order valence-electron chi connectivity index (χ2n) is 7.80. The van der Waals surface area contributed by atoms with Crippen molar-refractivity contribution in [1.82, 2.24) is 4.98 Å². The van der Waals surface area contributed by atoms with Crippen molar-refractivity contribution in [3.63, 3.8) is 0 Å². The van der Waals surface area contributed by atoms with Crippen molar-refractivity contribution in [2.75, 3.05) is 0 Å². The highest BCUT2D eigenvalue weighted by molar-refractivity contribution is 5.87. The number of rotatable bonds is 4. The zero-order valence-corrected chi connectivity index (χ0v) is 17.0. The first-order chi connectivity index (χ1) is 13.9. The Kier molecular flexibility index (Phi) is 5.02. The van der Waals surface area contributed by atoms with Gasteiger partial charge in [0, 0.05) is 16.8 Å². The minimum atomic E-state index is -1.40. The topological polar surface area (TPSA) is 12.9 Å². The van der Waals surface area contributed by atoms with E-state index in [1.54, 1.807) is 13.8 Å². The molecule has 0 saturated carbocycles. The number of aryl methyl sites for hydroxylation is 1. The Balaban J connectivity index is 1.99. The van der Waals surface area contributed by atoms with Gasteiger partial charge in [0.15, 0.2) is 0 Å². The van der Waals surface area contributed by atoms with Gasteiger partial charge in [-0.3, -0.25) is 4.98 Å². The molecule has 1 aromatic heterocycles. The molecule has 0 aliphatic heterocycles. The third-order valence-corrected chi connectivity index (χ3v) is 5.19. The summed E-state index contributed by atoms with van der Waals surface area (Å²) in [6.45, 7) is 5.23. The fourth-order valence-corrected chi connectivity index (χ4v) is 3.68. The Bertz CT molecular complexity index is 1130. The van der Waals surface area contributed by atoms with Crippen LogP contribution in [0, 0.1) is 6.92 Å². The van der Waals surface area contributed by atoms with E-state index in [9.17, 15) is 4.39 Å². The minimum Gasteiger partial charge on any atom is -0.252 e.